The van der Waals surface area contributed by atoms with Crippen molar-refractivity contribution in [3.8, 4) is 0 Å². The van der Waals surface area contributed by atoms with Gasteiger partial charge in [0.15, 0.2) is 0 Å². The Hall–Kier alpha value is 0.01000. The van der Waals surface area contributed by atoms with Crippen LogP contribution in [0.4, 0.5) is 0 Å². The minimum atomic E-state index is 0. The van der Waals surface area contributed by atoms with Crippen LogP contribution in [0.3, 0.4) is 0 Å². The predicted octanol–water partition coefficient (Wildman–Crippen LogP) is 0.470. The molecule has 1 amide bonds. The molecule has 2 aliphatic rings. The van der Waals surface area contributed by atoms with Crippen molar-refractivity contribution in [2.45, 2.75) is 31.3 Å². The van der Waals surface area contributed by atoms with E-state index in [1.807, 2.05) is 0 Å². The third-order valence-corrected chi connectivity index (χ3v) is 2.31. The number of carbonyl (C=O) groups excluding carboxylic acids is 1. The second-order valence-electron chi connectivity index (χ2n) is 3.15. The predicted molar refractivity (Wildman–Crippen MR) is 52.1 cm³/mol. The van der Waals surface area contributed by atoms with Crippen LogP contribution in [0.25, 0.3) is 0 Å². The lowest BCUT2D eigenvalue weighted by Crippen LogP contribution is -2.33. The first-order chi connectivity index (χ1) is 4.84. The zero-order valence-electron chi connectivity index (χ0n) is 6.71. The summed E-state index contributed by atoms with van der Waals surface area (Å²) in [4.78, 5) is 10.9. The van der Waals surface area contributed by atoms with E-state index in [1.54, 1.807) is 0 Å². The van der Waals surface area contributed by atoms with Gasteiger partial charge < -0.3 is 10.6 Å². The average Bonchev–Trinajstić information content (AvgIpc) is 2.22. The fourth-order valence-corrected chi connectivity index (χ4v) is 1.76. The van der Waals surface area contributed by atoms with Gasteiger partial charge in [-0.2, -0.15) is 0 Å². The van der Waals surface area contributed by atoms with Crippen LogP contribution in [-0.2, 0) is 4.79 Å². The summed E-state index contributed by atoms with van der Waals surface area (Å²) >= 11 is 0. The van der Waals surface area contributed by atoms with Crippen LogP contribution in [0.2, 0.25) is 0 Å². The van der Waals surface area contributed by atoms with Gasteiger partial charge >= 0.3 is 0 Å². The van der Waals surface area contributed by atoms with E-state index in [-0.39, 0.29) is 30.7 Å². The molecule has 2 bridgehead atoms. The van der Waals surface area contributed by atoms with Crippen LogP contribution in [0.15, 0.2) is 0 Å². The van der Waals surface area contributed by atoms with Crippen LogP contribution >= 0.6 is 24.8 Å². The number of fused-ring (bicyclic) bond motifs is 2. The molecule has 3 nitrogen and oxygen atoms in total. The molecule has 2 N–H and O–H groups in total. The van der Waals surface area contributed by atoms with Crippen molar-refractivity contribution in [1.82, 2.24) is 10.6 Å². The number of hydrogen-bond donors (Lipinski definition) is 2. The maximum atomic E-state index is 10.9. The summed E-state index contributed by atoms with van der Waals surface area (Å²) in [5, 5.41) is 6.27. The molecule has 0 aromatic heterocycles. The lowest BCUT2D eigenvalue weighted by Gasteiger charge is -2.06. The van der Waals surface area contributed by atoms with Crippen molar-refractivity contribution in [3.63, 3.8) is 0 Å². The van der Waals surface area contributed by atoms with Gasteiger partial charge in [0.25, 0.3) is 0 Å². The Labute approximate surface area is 84.5 Å². The topological polar surface area (TPSA) is 41.1 Å². The summed E-state index contributed by atoms with van der Waals surface area (Å²) < 4.78 is 0. The van der Waals surface area contributed by atoms with Crippen molar-refractivity contribution in [2.75, 3.05) is 6.54 Å². The maximum absolute atomic E-state index is 10.9. The number of nitrogens with one attached hydrogen (secondary N) is 2. The molecule has 2 rings (SSSR count). The van der Waals surface area contributed by atoms with Gasteiger partial charge in [0.1, 0.15) is 0 Å². The molecule has 12 heavy (non-hydrogen) atoms. The SMILES string of the molecule is Cl.Cl.O=C1C[C@@H]2CC[C@H](CN1)N2. The second-order valence-corrected chi connectivity index (χ2v) is 3.15. The summed E-state index contributed by atoms with van der Waals surface area (Å²) in [5.74, 6) is 0.208. The van der Waals surface area contributed by atoms with E-state index in [1.165, 1.54) is 12.8 Å². The molecule has 0 aromatic rings. The van der Waals surface area contributed by atoms with Gasteiger partial charge in [0.05, 0.1) is 0 Å². The molecule has 0 radical (unpaired) electrons. The lowest BCUT2D eigenvalue weighted by molar-refractivity contribution is -0.121. The zero-order chi connectivity index (χ0) is 6.97. The maximum Gasteiger partial charge on any atom is 0.221 e. The zero-order valence-corrected chi connectivity index (χ0v) is 8.34. The van der Waals surface area contributed by atoms with E-state index in [0.717, 1.165) is 6.54 Å². The third kappa shape index (κ3) is 2.51. The van der Waals surface area contributed by atoms with Crippen molar-refractivity contribution >= 4 is 30.7 Å². The standard InChI is InChI=1S/C7H12N2O.2ClH/c10-7-3-5-1-2-6(9-5)4-8-7;;/h5-6,9H,1-4H2,(H,8,10);2*1H/t5-,6+;;/m0../s1. The van der Waals surface area contributed by atoms with E-state index in [0.29, 0.717) is 18.5 Å². The fourth-order valence-electron chi connectivity index (χ4n) is 1.76. The fraction of sp³-hybridized carbons (Fsp3) is 0.857. The van der Waals surface area contributed by atoms with Gasteiger partial charge in [-0.25, -0.2) is 0 Å². The summed E-state index contributed by atoms with van der Waals surface area (Å²) in [5.41, 5.74) is 0. The first-order valence-electron chi connectivity index (χ1n) is 3.87. The molecular formula is C7H14Cl2N2O. The van der Waals surface area contributed by atoms with Crippen molar-refractivity contribution in [3.05, 3.63) is 0 Å². The molecule has 72 valence electrons. The molecule has 0 spiro atoms. The Morgan fingerprint density at radius 1 is 1.17 bits per heavy atom. The average molecular weight is 213 g/mol. The highest BCUT2D eigenvalue weighted by atomic mass is 35.5. The van der Waals surface area contributed by atoms with Crippen molar-refractivity contribution in [1.29, 1.82) is 0 Å². The quantitative estimate of drug-likeness (QED) is 0.614. The third-order valence-electron chi connectivity index (χ3n) is 2.31. The number of rotatable bonds is 0. The number of carbonyl (C=O) groups is 1. The molecule has 0 saturated carbocycles. The first kappa shape index (κ1) is 12.0. The lowest BCUT2D eigenvalue weighted by atomic mass is 10.1. The first-order valence-corrected chi connectivity index (χ1v) is 3.87. The van der Waals surface area contributed by atoms with Gasteiger partial charge in [-0.05, 0) is 12.8 Å². The molecule has 2 aliphatic heterocycles. The molecule has 2 atom stereocenters. The Morgan fingerprint density at radius 2 is 1.83 bits per heavy atom. The summed E-state index contributed by atoms with van der Waals surface area (Å²) in [6.45, 7) is 0.829. The Kier molecular flexibility index (Phi) is 4.90. The molecular weight excluding hydrogens is 199 g/mol. The molecule has 2 fully saturated rings. The minimum absolute atomic E-state index is 0. The number of hydrogen-bond acceptors (Lipinski definition) is 2. The largest absolute Gasteiger partial charge is 0.354 e. The molecule has 0 unspecified atom stereocenters. The van der Waals surface area contributed by atoms with Gasteiger partial charge in [0, 0.05) is 25.0 Å². The number of amides is 1. The van der Waals surface area contributed by atoms with Crippen LogP contribution in [0.5, 0.6) is 0 Å². The van der Waals surface area contributed by atoms with Crippen LogP contribution in [0, 0.1) is 0 Å². The monoisotopic (exact) mass is 212 g/mol. The molecule has 0 aliphatic carbocycles. The molecule has 2 saturated heterocycles. The smallest absolute Gasteiger partial charge is 0.221 e. The van der Waals surface area contributed by atoms with Gasteiger partial charge in [-0.1, -0.05) is 0 Å². The highest BCUT2D eigenvalue weighted by Gasteiger charge is 2.28. The van der Waals surface area contributed by atoms with Crippen molar-refractivity contribution < 1.29 is 4.79 Å². The van der Waals surface area contributed by atoms with E-state index in [9.17, 15) is 4.79 Å². The van der Waals surface area contributed by atoms with E-state index < -0.39 is 0 Å². The minimum Gasteiger partial charge on any atom is -0.354 e. The molecule has 0 aromatic carbocycles. The van der Waals surface area contributed by atoms with Crippen LogP contribution in [0.1, 0.15) is 19.3 Å². The number of halogens is 2. The van der Waals surface area contributed by atoms with Gasteiger partial charge in [0.2, 0.25) is 5.91 Å². The van der Waals surface area contributed by atoms with E-state index in [2.05, 4.69) is 10.6 Å². The summed E-state index contributed by atoms with van der Waals surface area (Å²) in [6, 6.07) is 1.02. The van der Waals surface area contributed by atoms with Crippen LogP contribution < -0.4 is 10.6 Å². The van der Waals surface area contributed by atoms with E-state index >= 15 is 0 Å². The molecule has 2 heterocycles. The van der Waals surface area contributed by atoms with Crippen molar-refractivity contribution in [2.24, 2.45) is 0 Å². The normalized spacial score (nSPS) is 32.5. The Morgan fingerprint density at radius 3 is 2.58 bits per heavy atom. The van der Waals surface area contributed by atoms with Gasteiger partial charge in [-0.3, -0.25) is 4.79 Å². The highest BCUT2D eigenvalue weighted by Crippen LogP contribution is 2.16. The highest BCUT2D eigenvalue weighted by molar-refractivity contribution is 5.85. The second kappa shape index (κ2) is 4.90. The van der Waals surface area contributed by atoms with Crippen LogP contribution in [-0.4, -0.2) is 24.5 Å². The Balaban J connectivity index is 0.000000605. The molecule has 5 heteroatoms. The Bertz CT molecular complexity index is 165. The summed E-state index contributed by atoms with van der Waals surface area (Å²) in [7, 11) is 0. The van der Waals surface area contributed by atoms with E-state index in [4.69, 9.17) is 0 Å². The summed E-state index contributed by atoms with van der Waals surface area (Å²) in [6.07, 6.45) is 3.08. The van der Waals surface area contributed by atoms with Gasteiger partial charge in [-0.15, -0.1) is 24.8 Å².